The number of benzene rings is 2. The van der Waals surface area contributed by atoms with Gasteiger partial charge in [-0.2, -0.15) is 0 Å². The van der Waals surface area contributed by atoms with Crippen LogP contribution in [0.1, 0.15) is 71.4 Å². The van der Waals surface area contributed by atoms with Crippen molar-refractivity contribution >= 4 is 44.8 Å². The molecule has 2 aromatic carbocycles. The summed E-state index contributed by atoms with van der Waals surface area (Å²) in [4.78, 5) is 43.4. The quantitative estimate of drug-likeness (QED) is 0.350. The van der Waals surface area contributed by atoms with Gasteiger partial charge in [0.15, 0.2) is 5.78 Å². The molecule has 11 nitrogen and oxygen atoms in total. The van der Waals surface area contributed by atoms with E-state index in [4.69, 9.17) is 21.1 Å². The van der Waals surface area contributed by atoms with Crippen LogP contribution in [0.3, 0.4) is 0 Å². The minimum absolute atomic E-state index is 0.0574. The summed E-state index contributed by atoms with van der Waals surface area (Å²) in [5.74, 6) is -1.25. The topological polar surface area (TPSA) is 132 Å². The highest BCUT2D eigenvalue weighted by atomic mass is 35.5. The Balaban J connectivity index is 1.31. The van der Waals surface area contributed by atoms with Crippen molar-refractivity contribution in [1.82, 2.24) is 14.5 Å². The van der Waals surface area contributed by atoms with Crippen molar-refractivity contribution < 1.29 is 28.1 Å². The first-order valence-electron chi connectivity index (χ1n) is 17.6. The zero-order chi connectivity index (χ0) is 36.1. The fourth-order valence-electron chi connectivity index (χ4n) is 8.02. The Bertz CT molecular complexity index is 2050. The predicted octanol–water partition coefficient (Wildman–Crippen LogP) is 5.95. The Morgan fingerprint density at radius 3 is 2.75 bits per heavy atom. The highest BCUT2D eigenvalue weighted by Gasteiger charge is 2.44. The Labute approximate surface area is 304 Å². The largest absolute Gasteiger partial charge is 0.490 e. The van der Waals surface area contributed by atoms with Crippen LogP contribution in [0.4, 0.5) is 5.69 Å². The summed E-state index contributed by atoms with van der Waals surface area (Å²) in [5, 5.41) is 4.84. The first-order chi connectivity index (χ1) is 24.4. The van der Waals surface area contributed by atoms with E-state index in [0.717, 1.165) is 37.8 Å². The Hall–Kier alpha value is -4.16. The number of allylic oxidation sites excluding steroid dienone is 2. The maximum atomic E-state index is 14.6. The SMILES string of the molecule is COc1nn(C)cc1C(=O)NS1(=O)=NC(=O)c2ccc3c(c2)N(C[C@@H]2CC[C@H]2C(=O)/C=C\[C@@H](C)[C@H](C)C1)C[C@@]1(CCCc2cc(Cl)ccc21)CO3. The van der Waals surface area contributed by atoms with Crippen LogP contribution < -0.4 is 19.1 Å². The third-order valence-electron chi connectivity index (χ3n) is 11.2. The molecule has 3 aromatic rings. The van der Waals surface area contributed by atoms with Gasteiger partial charge in [0.1, 0.15) is 21.2 Å². The second-order valence-electron chi connectivity index (χ2n) is 14.7. The van der Waals surface area contributed by atoms with Crippen LogP contribution in [0.2, 0.25) is 5.02 Å². The molecule has 51 heavy (non-hydrogen) atoms. The second-order valence-corrected chi connectivity index (χ2v) is 17.1. The molecular formula is C38H44ClN5O6S. The standard InChI is InChI=1S/C38H44ClN5O6S/c1-23-7-13-33(45)29-11-8-27(29)18-44-21-38(15-5-6-25-16-28(39)10-12-31(25)38)22-50-34-14-9-26(17-32(34)44)35(46)41-51(48,20-24(23)2)42-36(47)30-19-43(3)40-37(30)49-4/h7,9-10,12-14,16-17,19,23-24,27,29H,5-6,8,11,15,18,20-22H2,1-4H3,(H,41,42,46,47,48)/b13-7-/t23-,24-,27+,29-,38+,51?/m1/s1. The van der Waals surface area contributed by atoms with E-state index in [0.29, 0.717) is 30.5 Å². The summed E-state index contributed by atoms with van der Waals surface area (Å²) in [6, 6.07) is 11.3. The highest BCUT2D eigenvalue weighted by molar-refractivity contribution is 7.92. The van der Waals surface area contributed by atoms with Crippen LogP contribution in [0.25, 0.3) is 0 Å². The molecule has 1 unspecified atom stereocenters. The van der Waals surface area contributed by atoms with Crippen LogP contribution in [0, 0.1) is 23.7 Å². The number of anilines is 1. The summed E-state index contributed by atoms with van der Waals surface area (Å²) >= 11 is 6.43. The average Bonchev–Trinajstić information content (AvgIpc) is 3.40. The van der Waals surface area contributed by atoms with E-state index in [2.05, 4.69) is 31.2 Å². The number of fused-ring (bicyclic) bond motifs is 4. The normalized spacial score (nSPS) is 29.8. The molecule has 1 saturated carbocycles. The summed E-state index contributed by atoms with van der Waals surface area (Å²) in [7, 11) is -0.650. The number of aromatic nitrogens is 2. The molecule has 1 fully saturated rings. The molecule has 1 aromatic heterocycles. The number of ketones is 1. The maximum Gasteiger partial charge on any atom is 0.286 e. The molecule has 1 N–H and O–H groups in total. The van der Waals surface area contributed by atoms with E-state index in [1.807, 2.05) is 26.0 Å². The lowest BCUT2D eigenvalue weighted by atomic mass is 9.68. The molecule has 6 atom stereocenters. The van der Waals surface area contributed by atoms with Gasteiger partial charge in [-0.15, -0.1) is 9.46 Å². The minimum Gasteiger partial charge on any atom is -0.490 e. The van der Waals surface area contributed by atoms with E-state index in [1.54, 1.807) is 31.3 Å². The molecule has 2 aliphatic heterocycles. The lowest BCUT2D eigenvalue weighted by Crippen LogP contribution is -2.49. The van der Waals surface area contributed by atoms with Gasteiger partial charge in [0.25, 0.3) is 11.8 Å². The van der Waals surface area contributed by atoms with Crippen molar-refractivity contribution in [3.8, 4) is 11.6 Å². The van der Waals surface area contributed by atoms with Crippen molar-refractivity contribution in [3.05, 3.63) is 82.0 Å². The third-order valence-corrected chi connectivity index (χ3v) is 13.4. The number of ether oxygens (including phenoxy) is 2. The van der Waals surface area contributed by atoms with Crippen LogP contribution in [-0.2, 0) is 33.6 Å². The van der Waals surface area contributed by atoms with Gasteiger partial charge >= 0.3 is 0 Å². The number of halogens is 1. The van der Waals surface area contributed by atoms with Gasteiger partial charge in [0, 0.05) is 48.3 Å². The van der Waals surface area contributed by atoms with E-state index < -0.39 is 21.7 Å². The molecule has 2 bridgehead atoms. The van der Waals surface area contributed by atoms with Crippen LogP contribution >= 0.6 is 11.6 Å². The van der Waals surface area contributed by atoms with E-state index in [1.165, 1.54) is 29.1 Å². The zero-order valence-electron chi connectivity index (χ0n) is 29.4. The number of hydrogen-bond acceptors (Lipinski definition) is 8. The van der Waals surface area contributed by atoms with Gasteiger partial charge in [0.05, 0.1) is 25.2 Å². The lowest BCUT2D eigenvalue weighted by Gasteiger charge is -2.44. The van der Waals surface area contributed by atoms with Gasteiger partial charge < -0.3 is 14.4 Å². The van der Waals surface area contributed by atoms with Crippen molar-refractivity contribution in [2.75, 3.05) is 37.5 Å². The van der Waals surface area contributed by atoms with E-state index in [-0.39, 0.29) is 57.6 Å². The first kappa shape index (κ1) is 35.3. The molecular weight excluding hydrogens is 690 g/mol. The lowest BCUT2D eigenvalue weighted by molar-refractivity contribution is -0.122. The van der Waals surface area contributed by atoms with Crippen molar-refractivity contribution in [2.24, 2.45) is 35.1 Å². The Kier molecular flexibility index (Phi) is 9.51. The van der Waals surface area contributed by atoms with E-state index in [9.17, 15) is 18.6 Å². The van der Waals surface area contributed by atoms with Gasteiger partial charge in [-0.05, 0) is 97.4 Å². The summed E-state index contributed by atoms with van der Waals surface area (Å²) in [6.45, 7) is 5.50. The zero-order valence-corrected chi connectivity index (χ0v) is 31.0. The van der Waals surface area contributed by atoms with Crippen molar-refractivity contribution in [2.45, 2.75) is 51.4 Å². The number of amides is 2. The molecule has 4 aliphatic rings. The van der Waals surface area contributed by atoms with Crippen LogP contribution in [-0.4, -0.2) is 64.1 Å². The summed E-state index contributed by atoms with van der Waals surface area (Å²) in [5.41, 5.74) is 3.14. The smallest absolute Gasteiger partial charge is 0.286 e. The van der Waals surface area contributed by atoms with Crippen LogP contribution in [0.5, 0.6) is 11.6 Å². The average molecular weight is 734 g/mol. The van der Waals surface area contributed by atoms with Gasteiger partial charge in [-0.3, -0.25) is 23.8 Å². The fraction of sp³-hybridized carbons (Fsp3) is 0.474. The number of hydrogen-bond donors (Lipinski definition) is 1. The predicted molar refractivity (Wildman–Crippen MR) is 196 cm³/mol. The monoisotopic (exact) mass is 733 g/mol. The number of nitrogens with one attached hydrogen (secondary N) is 1. The summed E-state index contributed by atoms with van der Waals surface area (Å²) < 4.78 is 34.7. The van der Waals surface area contributed by atoms with Gasteiger partial charge in [-0.1, -0.05) is 37.6 Å². The molecule has 270 valence electrons. The van der Waals surface area contributed by atoms with Gasteiger partial charge in [0.2, 0.25) is 5.88 Å². The third kappa shape index (κ3) is 6.92. The number of methoxy groups -OCH3 is 1. The molecule has 7 rings (SSSR count). The molecule has 1 spiro atoms. The molecule has 2 aliphatic carbocycles. The molecule has 0 saturated heterocycles. The number of aryl methyl sites for hydroxylation is 2. The highest BCUT2D eigenvalue weighted by Crippen LogP contribution is 2.46. The first-order valence-corrected chi connectivity index (χ1v) is 19.6. The Morgan fingerprint density at radius 1 is 1.16 bits per heavy atom. The molecule has 13 heteroatoms. The number of nitrogens with zero attached hydrogens (tertiary/aromatic N) is 4. The molecule has 2 amide bonds. The fourth-order valence-corrected chi connectivity index (χ4v) is 10.2. The number of carbonyl (C=O) groups excluding carboxylic acids is 3. The number of rotatable bonds is 3. The van der Waals surface area contributed by atoms with Crippen molar-refractivity contribution in [3.63, 3.8) is 0 Å². The number of carbonyl (C=O) groups is 3. The van der Waals surface area contributed by atoms with Gasteiger partial charge in [-0.25, -0.2) is 4.21 Å². The second kappa shape index (κ2) is 13.8. The van der Waals surface area contributed by atoms with E-state index >= 15 is 0 Å². The van der Waals surface area contributed by atoms with Crippen LogP contribution in [0.15, 0.2) is 59.1 Å². The maximum absolute atomic E-state index is 14.6. The minimum atomic E-state index is -3.67. The molecule has 0 radical (unpaired) electrons. The Morgan fingerprint density at radius 2 is 1.98 bits per heavy atom. The van der Waals surface area contributed by atoms with Crippen molar-refractivity contribution in [1.29, 1.82) is 0 Å². The summed E-state index contributed by atoms with van der Waals surface area (Å²) in [6.07, 6.45) is 9.56. The molecule has 3 heterocycles.